The number of nitriles is 1. The van der Waals surface area contributed by atoms with Crippen molar-refractivity contribution in [3.63, 3.8) is 0 Å². The Balaban J connectivity index is 1.96. The first-order valence-electron chi connectivity index (χ1n) is 7.38. The molecule has 3 heteroatoms. The van der Waals surface area contributed by atoms with E-state index >= 15 is 0 Å². The number of hydrogen-bond donors (Lipinski definition) is 1. The number of aryl methyl sites for hydroxylation is 1. The Morgan fingerprint density at radius 3 is 2.65 bits per heavy atom. The topological polar surface area (TPSA) is 35.8 Å². The van der Waals surface area contributed by atoms with Gasteiger partial charge in [-0.15, -0.1) is 0 Å². The summed E-state index contributed by atoms with van der Waals surface area (Å²) in [6.45, 7) is 6.40. The molecule has 0 heterocycles. The largest absolute Gasteiger partial charge is 0.296 e. The first kappa shape index (κ1) is 15.4. The lowest BCUT2D eigenvalue weighted by atomic mass is 9.96. The standard InChI is InChI=1S/C17H24N2S/c1-13(2)19-17(11-18,16-8-9-16)12-20-10-15-7-5-4-6-14(15)3/h4-7,13,16,19H,8-10,12H2,1-3H3. The molecule has 1 aromatic rings. The van der Waals surface area contributed by atoms with E-state index in [-0.39, 0.29) is 5.54 Å². The fourth-order valence-corrected chi connectivity index (χ4v) is 3.97. The fourth-order valence-electron chi connectivity index (χ4n) is 2.62. The van der Waals surface area contributed by atoms with Crippen LogP contribution >= 0.6 is 11.8 Å². The van der Waals surface area contributed by atoms with Crippen molar-refractivity contribution in [1.82, 2.24) is 5.32 Å². The van der Waals surface area contributed by atoms with Gasteiger partial charge in [-0.05, 0) is 50.7 Å². The number of hydrogen-bond acceptors (Lipinski definition) is 3. The molecule has 2 nitrogen and oxygen atoms in total. The van der Waals surface area contributed by atoms with Crippen LogP contribution in [0.3, 0.4) is 0 Å². The zero-order valence-electron chi connectivity index (χ0n) is 12.6. The Bertz CT molecular complexity index is 488. The molecule has 1 unspecified atom stereocenters. The molecule has 1 atom stereocenters. The lowest BCUT2D eigenvalue weighted by molar-refractivity contribution is 0.370. The molecule has 1 fully saturated rings. The second-order valence-corrected chi connectivity index (χ2v) is 7.06. The third kappa shape index (κ3) is 3.77. The second kappa shape index (κ2) is 6.65. The van der Waals surface area contributed by atoms with Crippen molar-refractivity contribution >= 4 is 11.8 Å². The second-order valence-electron chi connectivity index (χ2n) is 6.08. The van der Waals surface area contributed by atoms with Crippen molar-refractivity contribution in [1.29, 1.82) is 5.26 Å². The van der Waals surface area contributed by atoms with Crippen molar-refractivity contribution in [2.75, 3.05) is 5.75 Å². The maximum atomic E-state index is 9.66. The van der Waals surface area contributed by atoms with Gasteiger partial charge in [-0.25, -0.2) is 0 Å². The Labute approximate surface area is 127 Å². The van der Waals surface area contributed by atoms with E-state index in [1.54, 1.807) is 0 Å². The molecule has 0 amide bonds. The van der Waals surface area contributed by atoms with E-state index in [1.165, 1.54) is 24.0 Å². The quantitative estimate of drug-likeness (QED) is 0.826. The molecule has 20 heavy (non-hydrogen) atoms. The molecule has 0 aliphatic heterocycles. The van der Waals surface area contributed by atoms with Gasteiger partial charge in [0.05, 0.1) is 6.07 Å². The molecule has 1 N–H and O–H groups in total. The summed E-state index contributed by atoms with van der Waals surface area (Å²) in [6, 6.07) is 11.4. The monoisotopic (exact) mass is 288 g/mol. The summed E-state index contributed by atoms with van der Waals surface area (Å²) in [5.41, 5.74) is 2.39. The fraction of sp³-hybridized carbons (Fsp3) is 0.588. The Morgan fingerprint density at radius 1 is 1.40 bits per heavy atom. The van der Waals surface area contributed by atoms with Crippen LogP contribution in [0.15, 0.2) is 24.3 Å². The highest BCUT2D eigenvalue weighted by atomic mass is 32.2. The SMILES string of the molecule is Cc1ccccc1CSCC(C#N)(NC(C)C)C1CC1. The van der Waals surface area contributed by atoms with Crippen LogP contribution < -0.4 is 5.32 Å². The summed E-state index contributed by atoms with van der Waals surface area (Å²) >= 11 is 1.88. The lowest BCUT2D eigenvalue weighted by Crippen LogP contribution is -2.51. The van der Waals surface area contributed by atoms with E-state index in [0.29, 0.717) is 12.0 Å². The van der Waals surface area contributed by atoms with Gasteiger partial charge in [-0.2, -0.15) is 17.0 Å². The van der Waals surface area contributed by atoms with Crippen LogP contribution in [0.2, 0.25) is 0 Å². The van der Waals surface area contributed by atoms with Gasteiger partial charge in [-0.1, -0.05) is 24.3 Å². The minimum Gasteiger partial charge on any atom is -0.296 e. The number of rotatable bonds is 7. The summed E-state index contributed by atoms with van der Waals surface area (Å²) in [5, 5.41) is 13.2. The summed E-state index contributed by atoms with van der Waals surface area (Å²) in [7, 11) is 0. The van der Waals surface area contributed by atoms with E-state index < -0.39 is 0 Å². The molecule has 0 aromatic heterocycles. The molecule has 0 saturated heterocycles. The molecular formula is C17H24N2S. The van der Waals surface area contributed by atoms with Crippen LogP contribution in [0.4, 0.5) is 0 Å². The highest BCUT2D eigenvalue weighted by molar-refractivity contribution is 7.98. The van der Waals surface area contributed by atoms with E-state index in [2.05, 4.69) is 56.4 Å². The molecule has 1 saturated carbocycles. The van der Waals surface area contributed by atoms with E-state index in [4.69, 9.17) is 0 Å². The zero-order chi connectivity index (χ0) is 14.6. The summed E-state index contributed by atoms with van der Waals surface area (Å²) in [6.07, 6.45) is 2.39. The number of thioether (sulfide) groups is 1. The average molecular weight is 288 g/mol. The highest BCUT2D eigenvalue weighted by Gasteiger charge is 2.45. The summed E-state index contributed by atoms with van der Waals surface area (Å²) in [5.74, 6) is 2.41. The smallest absolute Gasteiger partial charge is 0.118 e. The predicted molar refractivity (Wildman–Crippen MR) is 86.7 cm³/mol. The normalized spacial score (nSPS) is 17.8. The number of nitrogens with zero attached hydrogens (tertiary/aromatic N) is 1. The number of nitrogens with one attached hydrogen (secondary N) is 1. The first-order valence-corrected chi connectivity index (χ1v) is 8.54. The Kier molecular flexibility index (Phi) is 5.12. The van der Waals surface area contributed by atoms with Gasteiger partial charge in [0, 0.05) is 17.5 Å². The molecule has 1 aliphatic carbocycles. The van der Waals surface area contributed by atoms with Gasteiger partial charge < -0.3 is 0 Å². The predicted octanol–water partition coefficient (Wildman–Crippen LogP) is 3.90. The van der Waals surface area contributed by atoms with Crippen molar-refractivity contribution in [3.8, 4) is 6.07 Å². The van der Waals surface area contributed by atoms with Gasteiger partial charge in [0.2, 0.25) is 0 Å². The van der Waals surface area contributed by atoms with Crippen molar-refractivity contribution < 1.29 is 0 Å². The molecule has 108 valence electrons. The summed E-state index contributed by atoms with van der Waals surface area (Å²) in [4.78, 5) is 0. The first-order chi connectivity index (χ1) is 9.57. The van der Waals surface area contributed by atoms with Crippen LogP contribution in [0.25, 0.3) is 0 Å². The van der Waals surface area contributed by atoms with Crippen LogP contribution in [0, 0.1) is 24.2 Å². The molecule has 0 radical (unpaired) electrons. The minimum absolute atomic E-state index is 0.332. The minimum atomic E-state index is -0.332. The maximum Gasteiger partial charge on any atom is 0.118 e. The molecule has 2 rings (SSSR count). The van der Waals surface area contributed by atoms with Crippen LogP contribution in [-0.4, -0.2) is 17.3 Å². The van der Waals surface area contributed by atoms with E-state index in [9.17, 15) is 5.26 Å². The van der Waals surface area contributed by atoms with Gasteiger partial charge in [0.1, 0.15) is 5.54 Å². The van der Waals surface area contributed by atoms with Gasteiger partial charge in [0.15, 0.2) is 0 Å². The van der Waals surface area contributed by atoms with Crippen molar-refractivity contribution in [3.05, 3.63) is 35.4 Å². The van der Waals surface area contributed by atoms with Gasteiger partial charge in [0.25, 0.3) is 0 Å². The van der Waals surface area contributed by atoms with Crippen molar-refractivity contribution in [2.45, 2.75) is 50.9 Å². The van der Waals surface area contributed by atoms with E-state index in [0.717, 1.165) is 11.5 Å². The highest BCUT2D eigenvalue weighted by Crippen LogP contribution is 2.41. The van der Waals surface area contributed by atoms with Crippen LogP contribution in [-0.2, 0) is 5.75 Å². The molecule has 0 spiro atoms. The third-order valence-electron chi connectivity index (χ3n) is 3.87. The van der Waals surface area contributed by atoms with Gasteiger partial charge in [-0.3, -0.25) is 5.32 Å². The Hall–Kier alpha value is -0.980. The average Bonchev–Trinajstić information content (AvgIpc) is 3.24. The lowest BCUT2D eigenvalue weighted by Gasteiger charge is -2.30. The Morgan fingerprint density at radius 2 is 2.10 bits per heavy atom. The summed E-state index contributed by atoms with van der Waals surface area (Å²) < 4.78 is 0. The van der Waals surface area contributed by atoms with Crippen molar-refractivity contribution in [2.24, 2.45) is 5.92 Å². The van der Waals surface area contributed by atoms with Crippen LogP contribution in [0.1, 0.15) is 37.8 Å². The number of benzene rings is 1. The molecule has 0 bridgehead atoms. The van der Waals surface area contributed by atoms with E-state index in [1.807, 2.05) is 11.8 Å². The third-order valence-corrected chi connectivity index (χ3v) is 5.04. The van der Waals surface area contributed by atoms with Gasteiger partial charge >= 0.3 is 0 Å². The maximum absolute atomic E-state index is 9.66. The molecule has 1 aliphatic rings. The molecular weight excluding hydrogens is 264 g/mol. The molecule has 1 aromatic carbocycles. The van der Waals surface area contributed by atoms with Crippen LogP contribution in [0.5, 0.6) is 0 Å². The zero-order valence-corrected chi connectivity index (χ0v) is 13.5.